The number of fused-ring (bicyclic) bond motifs is 6. The summed E-state index contributed by atoms with van der Waals surface area (Å²) in [6.45, 7) is 5.58. The maximum atomic E-state index is 6.87. The number of hydrogen-bond acceptors (Lipinski definition) is 4. The lowest BCUT2D eigenvalue weighted by atomic mass is 9.87. The second-order valence-corrected chi connectivity index (χ2v) is 16.4. The Bertz CT molecular complexity index is 3170. The van der Waals surface area contributed by atoms with Crippen LogP contribution in [0.1, 0.15) is 43.4 Å². The molecule has 0 fully saturated rings. The SMILES string of the molecule is CCCC1=C(C2=C(C)c3ccc4oc5ccccc5c4c3CCO2)c2cc(-c3cccc(-c4cncc(-c5cc(-c6ccccc6)cc(-c6ccccc6)c5)c4)c3)ccc2OC1. The van der Waals surface area contributed by atoms with Gasteiger partial charge in [-0.15, -0.1) is 0 Å². The van der Waals surface area contributed by atoms with E-state index in [9.17, 15) is 0 Å². The lowest BCUT2D eigenvalue weighted by Gasteiger charge is -2.27. The van der Waals surface area contributed by atoms with E-state index in [1.807, 2.05) is 18.5 Å². The van der Waals surface area contributed by atoms with E-state index < -0.39 is 0 Å². The van der Waals surface area contributed by atoms with Crippen molar-refractivity contribution in [1.82, 2.24) is 4.98 Å². The maximum absolute atomic E-state index is 6.87. The summed E-state index contributed by atoms with van der Waals surface area (Å²) in [5, 5.41) is 2.35. The molecule has 0 N–H and O–H groups in total. The van der Waals surface area contributed by atoms with E-state index in [0.717, 1.165) is 97.4 Å². The predicted molar refractivity (Wildman–Crippen MR) is 255 cm³/mol. The van der Waals surface area contributed by atoms with Gasteiger partial charge in [0.2, 0.25) is 0 Å². The zero-order valence-electron chi connectivity index (χ0n) is 35.0. The Kier molecular flexibility index (Phi) is 9.62. The summed E-state index contributed by atoms with van der Waals surface area (Å²) in [6, 6.07) is 58.4. The Balaban J connectivity index is 0.978. The average molecular weight is 804 g/mol. The second-order valence-electron chi connectivity index (χ2n) is 16.4. The van der Waals surface area contributed by atoms with Gasteiger partial charge in [0.05, 0.1) is 6.61 Å². The lowest BCUT2D eigenvalue weighted by molar-refractivity contribution is 0.233. The van der Waals surface area contributed by atoms with Crippen LogP contribution in [0.2, 0.25) is 0 Å². The number of para-hydroxylation sites is 1. The van der Waals surface area contributed by atoms with E-state index in [-0.39, 0.29) is 0 Å². The first-order valence-corrected chi connectivity index (χ1v) is 21.7. The van der Waals surface area contributed by atoms with Gasteiger partial charge >= 0.3 is 0 Å². The Morgan fingerprint density at radius 2 is 1.13 bits per heavy atom. The van der Waals surface area contributed by atoms with Crippen LogP contribution in [0, 0.1) is 0 Å². The summed E-state index contributed by atoms with van der Waals surface area (Å²) in [5.74, 6) is 1.83. The van der Waals surface area contributed by atoms with E-state index in [1.54, 1.807) is 0 Å². The summed E-state index contributed by atoms with van der Waals surface area (Å²) in [7, 11) is 0. The van der Waals surface area contributed by atoms with Crippen molar-refractivity contribution in [2.24, 2.45) is 0 Å². The molecular formula is C58H45NO3. The largest absolute Gasteiger partial charge is 0.492 e. The first-order chi connectivity index (χ1) is 30.6. The number of rotatable bonds is 8. The van der Waals surface area contributed by atoms with E-state index >= 15 is 0 Å². The molecule has 4 heteroatoms. The van der Waals surface area contributed by atoms with Gasteiger partial charge in [-0.25, -0.2) is 0 Å². The highest BCUT2D eigenvalue weighted by Gasteiger charge is 2.29. The smallest absolute Gasteiger partial charge is 0.135 e. The molecule has 0 radical (unpaired) electrons. The molecule has 0 atom stereocenters. The van der Waals surface area contributed by atoms with Crippen LogP contribution >= 0.6 is 0 Å². The predicted octanol–water partition coefficient (Wildman–Crippen LogP) is 15.3. The lowest BCUT2D eigenvalue weighted by Crippen LogP contribution is -2.14. The standard InChI is InChI=1S/C58H45NO3/c1-3-13-43-36-61-53-24-22-42(33-52(53)56(43)58-37(2)49-23-25-55-57(50(49)26-27-60-58)51-20-10-11-21-54(51)62-55)40-18-12-19-41(28-40)47-32-48(35-59-34-47)46-30-44(38-14-6-4-7-15-38)29-45(31-46)39-16-8-5-9-17-39/h4-12,14-25,28-35H,3,13,26-27,36H2,1-2H3. The number of allylic oxidation sites excluding steroid dienone is 2. The number of hydrogen-bond donors (Lipinski definition) is 0. The molecule has 4 nitrogen and oxygen atoms in total. The monoisotopic (exact) mass is 803 g/mol. The van der Waals surface area contributed by atoms with Gasteiger partial charge < -0.3 is 13.9 Å². The molecule has 2 aliphatic heterocycles. The summed E-state index contributed by atoms with van der Waals surface area (Å²) in [5.41, 5.74) is 20.3. The first kappa shape index (κ1) is 37.6. The van der Waals surface area contributed by atoms with Gasteiger partial charge in [0.1, 0.15) is 29.3 Å². The molecule has 0 saturated carbocycles. The van der Waals surface area contributed by atoms with E-state index in [1.165, 1.54) is 44.3 Å². The molecule has 0 amide bonds. The van der Waals surface area contributed by atoms with Crippen molar-refractivity contribution in [2.45, 2.75) is 33.1 Å². The van der Waals surface area contributed by atoms with Crippen molar-refractivity contribution in [3.05, 3.63) is 204 Å². The highest BCUT2D eigenvalue weighted by Crippen LogP contribution is 2.46. The number of benzene rings is 7. The van der Waals surface area contributed by atoms with E-state index in [4.69, 9.17) is 18.9 Å². The number of pyridine rings is 1. The third-order valence-electron chi connectivity index (χ3n) is 12.5. The van der Waals surface area contributed by atoms with Crippen LogP contribution in [-0.4, -0.2) is 18.2 Å². The van der Waals surface area contributed by atoms with Crippen LogP contribution in [-0.2, 0) is 11.2 Å². The molecule has 2 aromatic heterocycles. The zero-order chi connectivity index (χ0) is 41.6. The number of furan rings is 1. The molecule has 0 saturated heterocycles. The van der Waals surface area contributed by atoms with E-state index in [2.05, 4.69) is 172 Å². The van der Waals surface area contributed by atoms with Gasteiger partial charge in [-0.2, -0.15) is 0 Å². The fraction of sp³-hybridized carbons (Fsp3) is 0.121. The Morgan fingerprint density at radius 1 is 0.516 bits per heavy atom. The summed E-state index contributed by atoms with van der Waals surface area (Å²) in [6.07, 6.45) is 6.68. The van der Waals surface area contributed by atoms with Crippen LogP contribution in [0.5, 0.6) is 5.75 Å². The maximum Gasteiger partial charge on any atom is 0.135 e. The fourth-order valence-corrected chi connectivity index (χ4v) is 9.51. The van der Waals surface area contributed by atoms with E-state index in [0.29, 0.717) is 13.2 Å². The number of nitrogens with zero attached hydrogens (tertiary/aromatic N) is 1. The van der Waals surface area contributed by atoms with Crippen molar-refractivity contribution >= 4 is 33.1 Å². The average Bonchev–Trinajstić information content (AvgIpc) is 3.64. The van der Waals surface area contributed by atoms with Crippen molar-refractivity contribution in [3.63, 3.8) is 0 Å². The van der Waals surface area contributed by atoms with Gasteiger partial charge in [0.25, 0.3) is 0 Å². The molecule has 0 spiro atoms. The van der Waals surface area contributed by atoms with Gasteiger partial charge in [-0.1, -0.05) is 123 Å². The molecule has 0 bridgehead atoms. The van der Waals surface area contributed by atoms with Gasteiger partial charge in [0.15, 0.2) is 0 Å². The molecule has 2 aliphatic rings. The van der Waals surface area contributed by atoms with Gasteiger partial charge in [-0.3, -0.25) is 4.98 Å². The molecule has 4 heterocycles. The Labute approximate surface area is 362 Å². The Hall–Kier alpha value is -7.43. The minimum absolute atomic E-state index is 0.549. The number of ether oxygens (including phenoxy) is 2. The first-order valence-electron chi connectivity index (χ1n) is 21.7. The van der Waals surface area contributed by atoms with Crippen LogP contribution in [0.4, 0.5) is 0 Å². The van der Waals surface area contributed by atoms with Gasteiger partial charge in [-0.05, 0) is 135 Å². The zero-order valence-corrected chi connectivity index (χ0v) is 35.0. The fourth-order valence-electron chi connectivity index (χ4n) is 9.51. The molecule has 300 valence electrons. The van der Waals surface area contributed by atoms with Crippen LogP contribution in [0.25, 0.3) is 88.7 Å². The molecular weight excluding hydrogens is 759 g/mol. The third kappa shape index (κ3) is 6.78. The topological polar surface area (TPSA) is 44.5 Å². The minimum Gasteiger partial charge on any atom is -0.492 e. The summed E-state index contributed by atoms with van der Waals surface area (Å²) >= 11 is 0. The molecule has 11 rings (SSSR count). The quantitative estimate of drug-likeness (QED) is 0.153. The molecule has 9 aromatic rings. The normalized spacial score (nSPS) is 13.7. The Morgan fingerprint density at radius 3 is 1.87 bits per heavy atom. The van der Waals surface area contributed by atoms with Crippen molar-refractivity contribution in [1.29, 1.82) is 0 Å². The van der Waals surface area contributed by atoms with Crippen molar-refractivity contribution in [2.75, 3.05) is 13.2 Å². The van der Waals surface area contributed by atoms with Crippen molar-refractivity contribution < 1.29 is 13.9 Å². The third-order valence-corrected chi connectivity index (χ3v) is 12.5. The second kappa shape index (κ2) is 15.9. The highest BCUT2D eigenvalue weighted by molar-refractivity contribution is 6.08. The molecule has 7 aromatic carbocycles. The molecule has 0 unspecified atom stereocenters. The number of aromatic nitrogens is 1. The van der Waals surface area contributed by atoms with Crippen molar-refractivity contribution in [3.8, 4) is 61.4 Å². The van der Waals surface area contributed by atoms with Gasteiger partial charge in [0, 0.05) is 51.9 Å². The molecule has 62 heavy (non-hydrogen) atoms. The molecule has 0 aliphatic carbocycles. The summed E-state index contributed by atoms with van der Waals surface area (Å²) < 4.78 is 19.7. The van der Waals surface area contributed by atoms with Crippen LogP contribution in [0.15, 0.2) is 192 Å². The minimum atomic E-state index is 0.549. The highest BCUT2D eigenvalue weighted by atomic mass is 16.5. The summed E-state index contributed by atoms with van der Waals surface area (Å²) in [4.78, 5) is 4.80. The van der Waals surface area contributed by atoms with Crippen LogP contribution in [0.3, 0.4) is 0 Å². The van der Waals surface area contributed by atoms with Crippen LogP contribution < -0.4 is 4.74 Å².